The van der Waals surface area contributed by atoms with Crippen molar-refractivity contribution in [2.75, 3.05) is 25.0 Å². The summed E-state index contributed by atoms with van der Waals surface area (Å²) in [6.45, 7) is 7.85. The molecule has 4 nitrogen and oxygen atoms in total. The monoisotopic (exact) mass is 297 g/mol. The Bertz CT molecular complexity index is 449. The quantitative estimate of drug-likeness (QED) is 0.812. The van der Waals surface area contributed by atoms with Gasteiger partial charge in [0.05, 0.1) is 17.3 Å². The van der Waals surface area contributed by atoms with Crippen LogP contribution in [0.3, 0.4) is 0 Å². The second-order valence-corrected chi connectivity index (χ2v) is 5.54. The van der Waals surface area contributed by atoms with Crippen LogP contribution in [-0.2, 0) is 11.3 Å². The predicted octanol–water partition coefficient (Wildman–Crippen LogP) is 2.41. The molecule has 0 unspecified atom stereocenters. The van der Waals surface area contributed by atoms with Gasteiger partial charge in [0.25, 0.3) is 0 Å². The summed E-state index contributed by atoms with van der Waals surface area (Å²) < 4.78 is 0. The van der Waals surface area contributed by atoms with Crippen LogP contribution >= 0.6 is 11.6 Å². The van der Waals surface area contributed by atoms with Crippen LogP contribution in [-0.4, -0.2) is 32.1 Å². The first-order valence-corrected chi connectivity index (χ1v) is 7.31. The van der Waals surface area contributed by atoms with Gasteiger partial charge in [-0.1, -0.05) is 31.5 Å². The highest BCUT2D eigenvalue weighted by Crippen LogP contribution is 2.26. The van der Waals surface area contributed by atoms with E-state index in [1.807, 2.05) is 37.1 Å². The van der Waals surface area contributed by atoms with Crippen LogP contribution in [0.2, 0.25) is 5.02 Å². The zero-order valence-corrected chi connectivity index (χ0v) is 13.4. The summed E-state index contributed by atoms with van der Waals surface area (Å²) >= 11 is 6.30. The average molecular weight is 298 g/mol. The summed E-state index contributed by atoms with van der Waals surface area (Å²) in [5, 5.41) is 6.79. The van der Waals surface area contributed by atoms with Crippen molar-refractivity contribution >= 4 is 23.2 Å². The molecule has 1 rings (SSSR count). The predicted molar refractivity (Wildman–Crippen MR) is 85.4 cm³/mol. The van der Waals surface area contributed by atoms with Gasteiger partial charge >= 0.3 is 0 Å². The maximum Gasteiger partial charge on any atom is 0.239 e. The lowest BCUT2D eigenvalue weighted by molar-refractivity contribution is -0.119. The number of nitrogens with one attached hydrogen (secondary N) is 2. The molecule has 0 fully saturated rings. The first-order chi connectivity index (χ1) is 9.43. The highest BCUT2D eigenvalue weighted by molar-refractivity contribution is 6.33. The summed E-state index contributed by atoms with van der Waals surface area (Å²) in [6.07, 6.45) is 0. The fourth-order valence-electron chi connectivity index (χ4n) is 1.85. The molecule has 1 amide bonds. The molecule has 5 heteroatoms. The Morgan fingerprint density at radius 3 is 2.65 bits per heavy atom. The molecule has 0 aliphatic carbocycles. The minimum Gasteiger partial charge on any atom is -0.364 e. The Morgan fingerprint density at radius 1 is 1.40 bits per heavy atom. The topological polar surface area (TPSA) is 44.4 Å². The molecule has 0 saturated heterocycles. The molecule has 0 heterocycles. The second kappa shape index (κ2) is 8.12. The zero-order chi connectivity index (χ0) is 15.1. The summed E-state index contributed by atoms with van der Waals surface area (Å²) in [6, 6.07) is 6.37. The Hall–Kier alpha value is -1.26. The van der Waals surface area contributed by atoms with Crippen LogP contribution in [0.1, 0.15) is 26.3 Å². The van der Waals surface area contributed by atoms with Gasteiger partial charge in [0.2, 0.25) is 5.91 Å². The molecule has 0 saturated carbocycles. The third kappa shape index (κ3) is 5.39. The number of anilines is 1. The summed E-state index contributed by atoms with van der Waals surface area (Å²) in [4.78, 5) is 13.4. The molecule has 2 N–H and O–H groups in total. The van der Waals surface area contributed by atoms with E-state index in [1.54, 1.807) is 0 Å². The third-order valence-corrected chi connectivity index (χ3v) is 3.20. The first kappa shape index (κ1) is 16.8. The molecule has 1 aromatic carbocycles. The Kier molecular flexibility index (Phi) is 6.82. The molecule has 112 valence electrons. The van der Waals surface area contributed by atoms with E-state index in [0.29, 0.717) is 24.2 Å². The minimum atomic E-state index is -0.00313. The molecule has 0 bridgehead atoms. The summed E-state index contributed by atoms with van der Waals surface area (Å²) in [5.41, 5.74) is 2.00. The van der Waals surface area contributed by atoms with Crippen molar-refractivity contribution < 1.29 is 4.79 Å². The van der Waals surface area contributed by atoms with Crippen molar-refractivity contribution in [3.05, 3.63) is 28.8 Å². The summed E-state index contributed by atoms with van der Waals surface area (Å²) in [7, 11) is 1.86. The van der Waals surface area contributed by atoms with E-state index < -0.39 is 0 Å². The standard InChI is InChI=1S/C15H24ClN3O/c1-5-17-15(20)10-19(4)14-7-6-12(8-13(14)16)9-18-11(2)3/h6-8,11,18H,5,9-10H2,1-4H3,(H,17,20). The molecule has 0 spiro atoms. The Morgan fingerprint density at radius 2 is 2.10 bits per heavy atom. The molecule has 0 atom stereocenters. The fraction of sp³-hybridized carbons (Fsp3) is 0.533. The van der Waals surface area contributed by atoms with Crippen LogP contribution in [0.4, 0.5) is 5.69 Å². The van der Waals surface area contributed by atoms with Crippen molar-refractivity contribution in [3.63, 3.8) is 0 Å². The van der Waals surface area contributed by atoms with Gasteiger partial charge in [-0.25, -0.2) is 0 Å². The first-order valence-electron chi connectivity index (χ1n) is 6.93. The van der Waals surface area contributed by atoms with Gasteiger partial charge < -0.3 is 15.5 Å². The smallest absolute Gasteiger partial charge is 0.239 e. The maximum atomic E-state index is 11.6. The Labute approximate surface area is 126 Å². The van der Waals surface area contributed by atoms with E-state index in [-0.39, 0.29) is 5.91 Å². The summed E-state index contributed by atoms with van der Waals surface area (Å²) in [5.74, 6) is -0.00313. The van der Waals surface area contributed by atoms with E-state index in [9.17, 15) is 4.79 Å². The van der Waals surface area contributed by atoms with E-state index in [0.717, 1.165) is 17.8 Å². The van der Waals surface area contributed by atoms with E-state index >= 15 is 0 Å². The number of carbonyl (C=O) groups is 1. The van der Waals surface area contributed by atoms with Gasteiger partial charge in [0, 0.05) is 26.2 Å². The van der Waals surface area contributed by atoms with Crippen molar-refractivity contribution in [1.29, 1.82) is 0 Å². The van der Waals surface area contributed by atoms with Gasteiger partial charge in [-0.05, 0) is 24.6 Å². The highest BCUT2D eigenvalue weighted by Gasteiger charge is 2.10. The minimum absolute atomic E-state index is 0.00313. The lowest BCUT2D eigenvalue weighted by atomic mass is 10.2. The van der Waals surface area contributed by atoms with E-state index in [2.05, 4.69) is 24.5 Å². The van der Waals surface area contributed by atoms with E-state index in [1.165, 1.54) is 0 Å². The van der Waals surface area contributed by atoms with Crippen molar-refractivity contribution in [3.8, 4) is 0 Å². The number of amides is 1. The number of hydrogen-bond donors (Lipinski definition) is 2. The molecule has 0 aliphatic heterocycles. The molecular weight excluding hydrogens is 274 g/mol. The van der Waals surface area contributed by atoms with Gasteiger partial charge in [-0.3, -0.25) is 4.79 Å². The third-order valence-electron chi connectivity index (χ3n) is 2.89. The average Bonchev–Trinajstić information content (AvgIpc) is 2.36. The van der Waals surface area contributed by atoms with Crippen molar-refractivity contribution in [2.45, 2.75) is 33.4 Å². The number of carbonyl (C=O) groups excluding carboxylic acids is 1. The maximum absolute atomic E-state index is 11.6. The lowest BCUT2D eigenvalue weighted by Crippen LogP contribution is -2.35. The van der Waals surface area contributed by atoms with Gasteiger partial charge in [0.15, 0.2) is 0 Å². The molecule has 0 aromatic heterocycles. The van der Waals surface area contributed by atoms with E-state index in [4.69, 9.17) is 11.6 Å². The fourth-order valence-corrected chi connectivity index (χ4v) is 2.19. The molecule has 20 heavy (non-hydrogen) atoms. The van der Waals surface area contributed by atoms with Crippen molar-refractivity contribution in [1.82, 2.24) is 10.6 Å². The number of rotatable bonds is 7. The largest absolute Gasteiger partial charge is 0.364 e. The number of nitrogens with zero attached hydrogens (tertiary/aromatic N) is 1. The SMILES string of the molecule is CCNC(=O)CN(C)c1ccc(CNC(C)C)cc1Cl. The molecule has 0 aliphatic rings. The van der Waals surface area contributed by atoms with Crippen LogP contribution in [0.25, 0.3) is 0 Å². The van der Waals surface area contributed by atoms with Crippen LogP contribution in [0, 0.1) is 0 Å². The molecule has 1 aromatic rings. The van der Waals surface area contributed by atoms with Crippen LogP contribution in [0.5, 0.6) is 0 Å². The number of likely N-dealkylation sites (N-methyl/N-ethyl adjacent to an activating group) is 2. The zero-order valence-electron chi connectivity index (χ0n) is 12.7. The number of halogens is 1. The van der Waals surface area contributed by atoms with Gasteiger partial charge in [0.1, 0.15) is 0 Å². The second-order valence-electron chi connectivity index (χ2n) is 5.13. The van der Waals surface area contributed by atoms with Crippen LogP contribution in [0.15, 0.2) is 18.2 Å². The number of hydrogen-bond acceptors (Lipinski definition) is 3. The van der Waals surface area contributed by atoms with Crippen molar-refractivity contribution in [2.24, 2.45) is 0 Å². The lowest BCUT2D eigenvalue weighted by Gasteiger charge is -2.20. The number of benzene rings is 1. The highest BCUT2D eigenvalue weighted by atomic mass is 35.5. The normalized spacial score (nSPS) is 10.7. The van der Waals surface area contributed by atoms with Gasteiger partial charge in [-0.2, -0.15) is 0 Å². The molecule has 0 radical (unpaired) electrons. The Balaban J connectivity index is 2.69. The van der Waals surface area contributed by atoms with Gasteiger partial charge in [-0.15, -0.1) is 0 Å². The molecular formula is C15H24ClN3O. The van der Waals surface area contributed by atoms with Crippen LogP contribution < -0.4 is 15.5 Å².